The van der Waals surface area contributed by atoms with E-state index in [4.69, 9.17) is 5.73 Å². The number of rotatable bonds is 5. The number of amides is 3. The molecule has 1 aliphatic carbocycles. The molecule has 1 aromatic rings. The number of hydrogen-bond acceptors (Lipinski definition) is 6. The Morgan fingerprint density at radius 1 is 1.19 bits per heavy atom. The Morgan fingerprint density at radius 2 is 1.81 bits per heavy atom. The lowest BCUT2D eigenvalue weighted by Crippen LogP contribution is -2.63. The number of hydrogen-bond donors (Lipinski definition) is 6. The van der Waals surface area contributed by atoms with E-state index in [1.54, 1.807) is 24.3 Å². The molecule has 0 aliphatic heterocycles. The van der Waals surface area contributed by atoms with Gasteiger partial charge in [0.1, 0.15) is 11.7 Å². The monoisotopic (exact) mass is 365 g/mol. The third-order valence-electron chi connectivity index (χ3n) is 4.39. The molecule has 0 unspecified atom stereocenters. The van der Waals surface area contributed by atoms with Crippen LogP contribution < -0.4 is 16.4 Å². The first-order valence-electron chi connectivity index (χ1n) is 8.15. The van der Waals surface area contributed by atoms with Crippen molar-refractivity contribution in [2.45, 2.75) is 43.6 Å². The zero-order valence-corrected chi connectivity index (χ0v) is 14.3. The van der Waals surface area contributed by atoms with Crippen LogP contribution in [0.25, 0.3) is 0 Å². The highest BCUT2D eigenvalue weighted by atomic mass is 16.3. The Morgan fingerprint density at radius 3 is 2.38 bits per heavy atom. The van der Waals surface area contributed by atoms with Crippen LogP contribution in [0.5, 0.6) is 0 Å². The summed E-state index contributed by atoms with van der Waals surface area (Å²) in [6.07, 6.45) is -3.55. The van der Waals surface area contributed by atoms with Crippen molar-refractivity contribution in [3.8, 4) is 0 Å². The third kappa shape index (κ3) is 4.57. The van der Waals surface area contributed by atoms with Crippen LogP contribution in [0.4, 0.5) is 0 Å². The number of nitrogens with one attached hydrogen (secondary N) is 2. The molecule has 7 N–H and O–H groups in total. The Kier molecular flexibility index (Phi) is 5.96. The molecular formula is C17H23N3O6. The molecular weight excluding hydrogens is 342 g/mol. The minimum absolute atomic E-state index is 0.326. The summed E-state index contributed by atoms with van der Waals surface area (Å²) in [5, 5.41) is 35.4. The van der Waals surface area contributed by atoms with Crippen molar-refractivity contribution >= 4 is 17.7 Å². The molecule has 9 nitrogen and oxygen atoms in total. The molecule has 1 fully saturated rings. The van der Waals surface area contributed by atoms with E-state index in [0.29, 0.717) is 5.56 Å². The van der Waals surface area contributed by atoms with Crippen LogP contribution in [0, 0.1) is 6.92 Å². The quantitative estimate of drug-likeness (QED) is 0.352. The number of aryl methyl sites for hydroxylation is 1. The van der Waals surface area contributed by atoms with Gasteiger partial charge in [-0.1, -0.05) is 17.7 Å². The van der Waals surface area contributed by atoms with Gasteiger partial charge in [0.25, 0.3) is 11.8 Å². The number of carbonyl (C=O) groups is 3. The van der Waals surface area contributed by atoms with Crippen LogP contribution >= 0.6 is 0 Å². The van der Waals surface area contributed by atoms with Gasteiger partial charge in [-0.3, -0.25) is 14.4 Å². The first kappa shape index (κ1) is 19.8. The van der Waals surface area contributed by atoms with E-state index >= 15 is 0 Å². The zero-order valence-electron chi connectivity index (χ0n) is 14.3. The average Bonchev–Trinajstić information content (AvgIpc) is 2.57. The maximum atomic E-state index is 12.3. The first-order valence-corrected chi connectivity index (χ1v) is 8.15. The zero-order chi connectivity index (χ0) is 19.5. The Hall–Kier alpha value is -2.49. The summed E-state index contributed by atoms with van der Waals surface area (Å²) < 4.78 is 0. The van der Waals surface area contributed by atoms with E-state index < -0.39 is 54.5 Å². The molecule has 0 saturated heterocycles. The fourth-order valence-electron chi connectivity index (χ4n) is 2.91. The van der Waals surface area contributed by atoms with Gasteiger partial charge >= 0.3 is 0 Å². The van der Waals surface area contributed by atoms with Gasteiger partial charge < -0.3 is 31.7 Å². The summed E-state index contributed by atoms with van der Waals surface area (Å²) in [7, 11) is 0. The van der Waals surface area contributed by atoms with E-state index in [-0.39, 0.29) is 6.42 Å². The number of aliphatic hydroxyl groups excluding tert-OH is 2. The highest BCUT2D eigenvalue weighted by Crippen LogP contribution is 2.29. The second-order valence-corrected chi connectivity index (χ2v) is 6.59. The molecule has 2 rings (SSSR count). The molecule has 9 heteroatoms. The molecule has 0 heterocycles. The van der Waals surface area contributed by atoms with Crippen LogP contribution in [-0.4, -0.2) is 63.4 Å². The fraction of sp³-hybridized carbons (Fsp3) is 0.471. The van der Waals surface area contributed by atoms with Gasteiger partial charge in [0.05, 0.1) is 18.7 Å². The van der Waals surface area contributed by atoms with Crippen molar-refractivity contribution in [2.24, 2.45) is 5.73 Å². The Bertz CT molecular complexity index is 692. The average molecular weight is 365 g/mol. The minimum atomic E-state index is -2.06. The molecule has 0 spiro atoms. The number of benzene rings is 1. The number of aliphatic hydroxyl groups is 3. The van der Waals surface area contributed by atoms with E-state index in [1.165, 1.54) is 0 Å². The summed E-state index contributed by atoms with van der Waals surface area (Å²) in [5.74, 6) is -2.21. The van der Waals surface area contributed by atoms with Gasteiger partial charge in [0, 0.05) is 18.4 Å². The van der Waals surface area contributed by atoms with Crippen molar-refractivity contribution in [1.29, 1.82) is 0 Å². The largest absolute Gasteiger partial charge is 0.390 e. The van der Waals surface area contributed by atoms with Crippen LogP contribution in [-0.2, 0) is 9.59 Å². The lowest BCUT2D eigenvalue weighted by atomic mass is 9.77. The predicted molar refractivity (Wildman–Crippen MR) is 90.8 cm³/mol. The standard InChI is InChI=1S/C17H23N3O6/c1-9-2-4-10(5-3-9)15(24)20-11-6-17(26,7-12(21)14(11)23)16(25)19-8-13(18)22/h2-5,11-12,14,21,23,26H,6-8H2,1H3,(H2,18,22)(H,19,25)(H,20,24)/t11-,12+,14+,17-/m0/s1. The van der Waals surface area contributed by atoms with E-state index in [1.807, 2.05) is 6.92 Å². The summed E-state index contributed by atoms with van der Waals surface area (Å²) in [4.78, 5) is 35.2. The van der Waals surface area contributed by atoms with Crippen molar-refractivity contribution < 1.29 is 29.7 Å². The van der Waals surface area contributed by atoms with Crippen molar-refractivity contribution in [2.75, 3.05) is 6.54 Å². The highest BCUT2D eigenvalue weighted by molar-refractivity contribution is 5.94. The molecule has 26 heavy (non-hydrogen) atoms. The lowest BCUT2D eigenvalue weighted by molar-refractivity contribution is -0.158. The van der Waals surface area contributed by atoms with Gasteiger partial charge in [-0.2, -0.15) is 0 Å². The van der Waals surface area contributed by atoms with Crippen LogP contribution in [0.2, 0.25) is 0 Å². The molecule has 4 atom stereocenters. The van der Waals surface area contributed by atoms with Crippen LogP contribution in [0.1, 0.15) is 28.8 Å². The fourth-order valence-corrected chi connectivity index (χ4v) is 2.91. The number of nitrogens with two attached hydrogens (primary N) is 1. The molecule has 142 valence electrons. The first-order chi connectivity index (χ1) is 12.1. The predicted octanol–water partition coefficient (Wildman–Crippen LogP) is -2.06. The molecule has 1 aliphatic rings. The van der Waals surface area contributed by atoms with Crippen molar-refractivity contribution in [1.82, 2.24) is 10.6 Å². The maximum absolute atomic E-state index is 12.3. The minimum Gasteiger partial charge on any atom is -0.390 e. The number of primary amides is 1. The number of carbonyl (C=O) groups excluding carboxylic acids is 3. The molecule has 0 radical (unpaired) electrons. The van der Waals surface area contributed by atoms with E-state index in [2.05, 4.69) is 10.6 Å². The third-order valence-corrected chi connectivity index (χ3v) is 4.39. The second kappa shape index (κ2) is 7.81. The van der Waals surface area contributed by atoms with Crippen LogP contribution in [0.3, 0.4) is 0 Å². The second-order valence-electron chi connectivity index (χ2n) is 6.59. The van der Waals surface area contributed by atoms with Crippen molar-refractivity contribution in [3.63, 3.8) is 0 Å². The summed E-state index contributed by atoms with van der Waals surface area (Å²) >= 11 is 0. The summed E-state index contributed by atoms with van der Waals surface area (Å²) in [5.41, 5.74) is 4.20. The summed E-state index contributed by atoms with van der Waals surface area (Å²) in [6.45, 7) is 1.40. The lowest BCUT2D eigenvalue weighted by Gasteiger charge is -2.41. The van der Waals surface area contributed by atoms with Crippen LogP contribution in [0.15, 0.2) is 24.3 Å². The summed E-state index contributed by atoms with van der Waals surface area (Å²) in [6, 6.07) is 5.63. The topological polar surface area (TPSA) is 162 Å². The van der Waals surface area contributed by atoms with Crippen molar-refractivity contribution in [3.05, 3.63) is 35.4 Å². The SMILES string of the molecule is Cc1ccc(C(=O)N[C@H]2C[C@@](O)(C(=O)NCC(N)=O)C[C@@H](O)[C@@H]2O)cc1. The highest BCUT2D eigenvalue weighted by Gasteiger charge is 2.49. The normalized spacial score (nSPS) is 28.2. The van der Waals surface area contributed by atoms with E-state index in [0.717, 1.165) is 5.56 Å². The molecule has 1 aromatic carbocycles. The maximum Gasteiger partial charge on any atom is 0.252 e. The van der Waals surface area contributed by atoms with Gasteiger partial charge in [0.2, 0.25) is 5.91 Å². The smallest absolute Gasteiger partial charge is 0.252 e. The molecule has 0 bridgehead atoms. The van der Waals surface area contributed by atoms with Gasteiger partial charge in [-0.25, -0.2) is 0 Å². The van der Waals surface area contributed by atoms with E-state index in [9.17, 15) is 29.7 Å². The molecule has 3 amide bonds. The van der Waals surface area contributed by atoms with Gasteiger partial charge in [0.15, 0.2) is 0 Å². The Balaban J connectivity index is 2.11. The van der Waals surface area contributed by atoms with Gasteiger partial charge in [-0.05, 0) is 19.1 Å². The van der Waals surface area contributed by atoms with Gasteiger partial charge in [-0.15, -0.1) is 0 Å². The molecule has 1 saturated carbocycles. The Labute approximate surface area is 150 Å². The molecule has 0 aromatic heterocycles.